The highest BCUT2D eigenvalue weighted by molar-refractivity contribution is 5.66. The standard InChI is InChI=1S/C24H38O5/c1-22-10-6-17(29-15-28-3)14-16(22)4-5-18-19(22)7-11-23(2)20(18)8-12-24(23,27)13-9-21(25)26/h4,17-20,27H,5-15H2,1-3H3,(H,25,26)/t17-,18+,19-,20-,22-,23-,24+/m0/s1. The van der Waals surface area contributed by atoms with E-state index in [4.69, 9.17) is 14.6 Å². The van der Waals surface area contributed by atoms with Crippen LogP contribution in [0.2, 0.25) is 0 Å². The van der Waals surface area contributed by atoms with E-state index in [1.54, 1.807) is 12.7 Å². The molecule has 29 heavy (non-hydrogen) atoms. The van der Waals surface area contributed by atoms with E-state index in [0.717, 1.165) is 44.9 Å². The maximum Gasteiger partial charge on any atom is 0.303 e. The van der Waals surface area contributed by atoms with Gasteiger partial charge in [0.05, 0.1) is 11.7 Å². The molecule has 0 aromatic heterocycles. The van der Waals surface area contributed by atoms with Crippen LogP contribution in [0.25, 0.3) is 0 Å². The lowest BCUT2D eigenvalue weighted by molar-refractivity contribution is -0.147. The van der Waals surface area contributed by atoms with Gasteiger partial charge in [0.25, 0.3) is 0 Å². The van der Waals surface area contributed by atoms with Gasteiger partial charge in [0.2, 0.25) is 0 Å². The topological polar surface area (TPSA) is 76.0 Å². The third-order valence-corrected chi connectivity index (χ3v) is 9.55. The maximum atomic E-state index is 11.5. The van der Waals surface area contributed by atoms with E-state index < -0.39 is 11.6 Å². The second-order valence-electron chi connectivity index (χ2n) is 10.6. The van der Waals surface area contributed by atoms with E-state index in [0.29, 0.717) is 31.0 Å². The van der Waals surface area contributed by atoms with Crippen molar-refractivity contribution in [2.24, 2.45) is 28.6 Å². The van der Waals surface area contributed by atoms with Crippen LogP contribution < -0.4 is 0 Å². The van der Waals surface area contributed by atoms with Crippen LogP contribution in [0.3, 0.4) is 0 Å². The summed E-state index contributed by atoms with van der Waals surface area (Å²) in [5.41, 5.74) is 0.856. The second-order valence-corrected chi connectivity index (χ2v) is 10.6. The Morgan fingerprint density at radius 3 is 2.66 bits per heavy atom. The molecule has 0 saturated heterocycles. The molecule has 7 atom stereocenters. The Hall–Kier alpha value is -0.910. The molecule has 0 amide bonds. The van der Waals surface area contributed by atoms with Crippen LogP contribution >= 0.6 is 0 Å². The summed E-state index contributed by atoms with van der Waals surface area (Å²) in [7, 11) is 1.68. The summed E-state index contributed by atoms with van der Waals surface area (Å²) in [6, 6.07) is 0. The Kier molecular flexibility index (Phi) is 5.63. The van der Waals surface area contributed by atoms with Crippen LogP contribution in [0.15, 0.2) is 11.6 Å². The smallest absolute Gasteiger partial charge is 0.303 e. The Balaban J connectivity index is 1.53. The van der Waals surface area contributed by atoms with E-state index in [-0.39, 0.29) is 23.4 Å². The summed E-state index contributed by atoms with van der Waals surface area (Å²) in [5.74, 6) is 0.977. The predicted octanol–water partition coefficient (Wildman–Crippen LogP) is 4.53. The highest BCUT2D eigenvalue weighted by Crippen LogP contribution is 2.67. The molecular weight excluding hydrogens is 368 g/mol. The molecule has 4 aliphatic carbocycles. The van der Waals surface area contributed by atoms with Crippen molar-refractivity contribution in [1.82, 2.24) is 0 Å². The van der Waals surface area contributed by atoms with E-state index in [1.807, 2.05) is 0 Å². The van der Waals surface area contributed by atoms with Crippen LogP contribution in [0, 0.1) is 28.6 Å². The molecule has 0 aliphatic heterocycles. The lowest BCUT2D eigenvalue weighted by atomic mass is 9.47. The van der Waals surface area contributed by atoms with Crippen molar-refractivity contribution in [3.05, 3.63) is 11.6 Å². The predicted molar refractivity (Wildman–Crippen MR) is 110 cm³/mol. The largest absolute Gasteiger partial charge is 0.481 e. The number of hydrogen-bond donors (Lipinski definition) is 2. The van der Waals surface area contributed by atoms with Gasteiger partial charge in [-0.3, -0.25) is 4.79 Å². The van der Waals surface area contributed by atoms with Crippen molar-refractivity contribution >= 4 is 5.97 Å². The fraction of sp³-hybridized carbons (Fsp3) is 0.875. The molecule has 4 rings (SSSR count). The zero-order chi connectivity index (χ0) is 20.9. The van der Waals surface area contributed by atoms with Gasteiger partial charge < -0.3 is 19.7 Å². The Bertz CT molecular complexity index is 674. The van der Waals surface area contributed by atoms with Gasteiger partial charge >= 0.3 is 5.97 Å². The summed E-state index contributed by atoms with van der Waals surface area (Å²) in [5, 5.41) is 20.6. The van der Waals surface area contributed by atoms with Gasteiger partial charge in [-0.2, -0.15) is 0 Å². The minimum absolute atomic E-state index is 0.0670. The first kappa shape index (κ1) is 21.3. The van der Waals surface area contributed by atoms with Gasteiger partial charge in [-0.25, -0.2) is 0 Å². The summed E-state index contributed by atoms with van der Waals surface area (Å²) in [6.07, 6.45) is 11.5. The number of allylic oxidation sites excluding steroid dienone is 1. The Labute approximate surface area is 174 Å². The average Bonchev–Trinajstić information content (AvgIpc) is 2.96. The number of fused-ring (bicyclic) bond motifs is 5. The molecular formula is C24H38O5. The molecule has 0 heterocycles. The molecule has 164 valence electrons. The molecule has 0 unspecified atom stereocenters. The van der Waals surface area contributed by atoms with Crippen molar-refractivity contribution in [3.8, 4) is 0 Å². The van der Waals surface area contributed by atoms with E-state index in [2.05, 4.69) is 19.9 Å². The number of carboxylic acids is 1. The highest BCUT2D eigenvalue weighted by atomic mass is 16.7. The zero-order valence-corrected chi connectivity index (χ0v) is 18.3. The minimum atomic E-state index is -0.822. The zero-order valence-electron chi connectivity index (χ0n) is 18.3. The third kappa shape index (κ3) is 3.37. The van der Waals surface area contributed by atoms with Crippen molar-refractivity contribution in [2.45, 2.75) is 89.8 Å². The van der Waals surface area contributed by atoms with Crippen LogP contribution in [-0.4, -0.2) is 41.8 Å². The summed E-state index contributed by atoms with van der Waals surface area (Å²) < 4.78 is 11.0. The summed E-state index contributed by atoms with van der Waals surface area (Å²) in [4.78, 5) is 11.1. The van der Waals surface area contributed by atoms with E-state index in [9.17, 15) is 9.90 Å². The van der Waals surface area contributed by atoms with Gasteiger partial charge in [0.15, 0.2) is 0 Å². The number of aliphatic carboxylic acids is 1. The van der Waals surface area contributed by atoms with Crippen molar-refractivity contribution in [3.63, 3.8) is 0 Å². The monoisotopic (exact) mass is 406 g/mol. The van der Waals surface area contributed by atoms with Gasteiger partial charge in [-0.15, -0.1) is 0 Å². The SMILES string of the molecule is COCO[C@H]1CC[C@@]2(C)C(=CC[C@@H]3[C@@H]2CC[C@@]2(C)[C@H]3CC[C@@]2(O)CCC(=O)O)C1. The van der Waals surface area contributed by atoms with E-state index in [1.165, 1.54) is 6.42 Å². The number of aliphatic hydroxyl groups is 1. The van der Waals surface area contributed by atoms with Gasteiger partial charge in [0.1, 0.15) is 6.79 Å². The molecule has 0 aromatic rings. The van der Waals surface area contributed by atoms with Gasteiger partial charge in [-0.1, -0.05) is 25.5 Å². The fourth-order valence-corrected chi connectivity index (χ4v) is 7.77. The Morgan fingerprint density at radius 2 is 1.93 bits per heavy atom. The number of ether oxygens (including phenoxy) is 2. The molecule has 4 aliphatic rings. The van der Waals surface area contributed by atoms with Crippen LogP contribution in [-0.2, 0) is 14.3 Å². The summed E-state index contributed by atoms with van der Waals surface area (Å²) >= 11 is 0. The van der Waals surface area contributed by atoms with Crippen molar-refractivity contribution < 1.29 is 24.5 Å². The van der Waals surface area contributed by atoms with Gasteiger partial charge in [0, 0.05) is 13.5 Å². The van der Waals surface area contributed by atoms with Crippen LogP contribution in [0.1, 0.15) is 78.1 Å². The van der Waals surface area contributed by atoms with Crippen molar-refractivity contribution in [1.29, 1.82) is 0 Å². The lowest BCUT2D eigenvalue weighted by Crippen LogP contribution is -2.54. The molecule has 0 aromatic carbocycles. The average molecular weight is 407 g/mol. The first-order chi connectivity index (χ1) is 13.7. The first-order valence-electron chi connectivity index (χ1n) is 11.5. The number of hydrogen-bond acceptors (Lipinski definition) is 4. The summed E-state index contributed by atoms with van der Waals surface area (Å²) in [6.45, 7) is 5.09. The third-order valence-electron chi connectivity index (χ3n) is 9.55. The lowest BCUT2D eigenvalue weighted by Gasteiger charge is -2.59. The molecule has 0 radical (unpaired) electrons. The number of carbonyl (C=O) groups is 1. The van der Waals surface area contributed by atoms with Crippen molar-refractivity contribution in [2.75, 3.05) is 13.9 Å². The number of rotatable bonds is 6. The molecule has 2 N–H and O–H groups in total. The fourth-order valence-electron chi connectivity index (χ4n) is 7.77. The van der Waals surface area contributed by atoms with E-state index >= 15 is 0 Å². The minimum Gasteiger partial charge on any atom is -0.481 e. The molecule has 0 bridgehead atoms. The normalized spacial score (nSPS) is 46.4. The maximum absolute atomic E-state index is 11.5. The number of carboxylic acid groups (broad SMARTS) is 1. The first-order valence-corrected chi connectivity index (χ1v) is 11.5. The van der Waals surface area contributed by atoms with Gasteiger partial charge in [-0.05, 0) is 86.4 Å². The molecule has 3 saturated carbocycles. The quantitative estimate of drug-likeness (QED) is 0.500. The number of methoxy groups -OCH3 is 1. The molecule has 3 fully saturated rings. The second kappa shape index (κ2) is 7.65. The van der Waals surface area contributed by atoms with Crippen LogP contribution in [0.5, 0.6) is 0 Å². The molecule has 5 heteroatoms. The highest BCUT2D eigenvalue weighted by Gasteiger charge is 2.63. The Morgan fingerprint density at radius 1 is 1.17 bits per heavy atom. The molecule has 5 nitrogen and oxygen atoms in total. The molecule has 0 spiro atoms. The van der Waals surface area contributed by atoms with Crippen LogP contribution in [0.4, 0.5) is 0 Å².